The average Bonchev–Trinajstić information content (AvgIpc) is 2.50. The molecule has 21 heavy (non-hydrogen) atoms. The molecule has 1 fully saturated rings. The molecule has 1 saturated heterocycles. The van der Waals surface area contributed by atoms with Crippen molar-refractivity contribution in [3.05, 3.63) is 0 Å². The van der Waals surface area contributed by atoms with Gasteiger partial charge in [-0.3, -0.25) is 0 Å². The summed E-state index contributed by atoms with van der Waals surface area (Å²) in [5.74, 6) is 0. The third-order valence-electron chi connectivity index (χ3n) is 4.10. The van der Waals surface area contributed by atoms with Crippen LogP contribution >= 0.6 is 0 Å². The van der Waals surface area contributed by atoms with Gasteiger partial charge in [-0.25, -0.2) is 0 Å². The van der Waals surface area contributed by atoms with Crippen LogP contribution in [0.4, 0.5) is 0 Å². The van der Waals surface area contributed by atoms with E-state index >= 15 is 0 Å². The van der Waals surface area contributed by atoms with Gasteiger partial charge >= 0.3 is 0 Å². The van der Waals surface area contributed by atoms with Gasteiger partial charge in [-0.05, 0) is 6.42 Å². The number of ether oxygens (including phenoxy) is 2. The molecule has 0 aromatic carbocycles. The van der Waals surface area contributed by atoms with Crippen LogP contribution in [0.15, 0.2) is 0 Å². The summed E-state index contributed by atoms with van der Waals surface area (Å²) in [6.45, 7) is 2.74. The molecule has 0 aliphatic carbocycles. The first kappa shape index (κ1) is 18.8. The van der Waals surface area contributed by atoms with Gasteiger partial charge in [0.1, 0.15) is 24.4 Å². The van der Waals surface area contributed by atoms with E-state index in [1.165, 1.54) is 38.5 Å². The van der Waals surface area contributed by atoms with Gasteiger partial charge in [0.2, 0.25) is 0 Å². The Kier molecular flexibility index (Phi) is 10.2. The van der Waals surface area contributed by atoms with Gasteiger partial charge in [0, 0.05) is 6.61 Å². The van der Waals surface area contributed by atoms with Crippen molar-refractivity contribution in [1.82, 2.24) is 0 Å². The van der Waals surface area contributed by atoms with Crippen molar-refractivity contribution in [2.45, 2.75) is 82.7 Å². The van der Waals surface area contributed by atoms with Gasteiger partial charge in [-0.2, -0.15) is 0 Å². The second-order valence-corrected chi connectivity index (χ2v) is 5.92. The Labute approximate surface area is 128 Å². The van der Waals surface area contributed by atoms with Crippen molar-refractivity contribution >= 4 is 0 Å². The minimum Gasteiger partial charge on any atom is -0.394 e. The first-order valence-corrected chi connectivity index (χ1v) is 8.40. The van der Waals surface area contributed by atoms with E-state index in [4.69, 9.17) is 14.6 Å². The summed E-state index contributed by atoms with van der Waals surface area (Å²) in [7, 11) is 0. The summed E-state index contributed by atoms with van der Waals surface area (Å²) in [5.41, 5.74) is 0. The van der Waals surface area contributed by atoms with Crippen molar-refractivity contribution in [2.75, 3.05) is 19.8 Å². The van der Waals surface area contributed by atoms with Crippen LogP contribution in [0, 0.1) is 0 Å². The van der Waals surface area contributed by atoms with E-state index in [0.717, 1.165) is 12.8 Å². The highest BCUT2D eigenvalue weighted by Crippen LogP contribution is 2.18. The molecule has 0 saturated carbocycles. The first-order valence-electron chi connectivity index (χ1n) is 8.40. The van der Waals surface area contributed by atoms with E-state index in [9.17, 15) is 10.2 Å². The molecule has 3 N–H and O–H groups in total. The Morgan fingerprint density at radius 2 is 1.57 bits per heavy atom. The average molecular weight is 304 g/mol. The van der Waals surface area contributed by atoms with E-state index in [1.54, 1.807) is 0 Å². The Hall–Kier alpha value is -0.200. The largest absolute Gasteiger partial charge is 0.394 e. The maximum absolute atomic E-state index is 9.90. The van der Waals surface area contributed by atoms with Gasteiger partial charge in [0.05, 0.1) is 13.2 Å². The molecule has 1 aliphatic rings. The third kappa shape index (κ3) is 7.06. The van der Waals surface area contributed by atoms with Crippen LogP contribution in [0.25, 0.3) is 0 Å². The lowest BCUT2D eigenvalue weighted by Crippen LogP contribution is -2.55. The third-order valence-corrected chi connectivity index (χ3v) is 4.10. The fourth-order valence-corrected chi connectivity index (χ4v) is 2.63. The molecule has 0 aromatic rings. The first-order chi connectivity index (χ1) is 10.2. The maximum atomic E-state index is 9.90. The Bertz CT molecular complexity index is 249. The number of aliphatic hydroxyl groups excluding tert-OH is 3. The predicted octanol–water partition coefficient (Wildman–Crippen LogP) is 1.63. The molecule has 126 valence electrons. The van der Waals surface area contributed by atoms with E-state index in [1.807, 2.05) is 0 Å². The molecule has 1 rings (SSSR count). The molecule has 1 heterocycles. The van der Waals surface area contributed by atoms with Crippen molar-refractivity contribution < 1.29 is 24.8 Å². The molecule has 0 bridgehead atoms. The Balaban J connectivity index is 2.00. The SMILES string of the molecule is CCCCCCCCCCO[C@@H]1CO[C@@H](CO)[C@H](O)[C@H]1O. The van der Waals surface area contributed by atoms with Crippen LogP contribution in [-0.2, 0) is 9.47 Å². The highest BCUT2D eigenvalue weighted by molar-refractivity contribution is 4.87. The summed E-state index contributed by atoms with van der Waals surface area (Å²) in [6, 6.07) is 0. The topological polar surface area (TPSA) is 79.2 Å². The maximum Gasteiger partial charge on any atom is 0.111 e. The molecule has 4 atom stereocenters. The van der Waals surface area contributed by atoms with Gasteiger partial charge in [-0.1, -0.05) is 51.9 Å². The van der Waals surface area contributed by atoms with Gasteiger partial charge in [-0.15, -0.1) is 0 Å². The number of hydrogen-bond acceptors (Lipinski definition) is 5. The zero-order chi connectivity index (χ0) is 15.5. The summed E-state index contributed by atoms with van der Waals surface area (Å²) in [6.07, 6.45) is 6.63. The monoisotopic (exact) mass is 304 g/mol. The van der Waals surface area contributed by atoms with Crippen LogP contribution < -0.4 is 0 Å². The van der Waals surface area contributed by atoms with Crippen LogP contribution in [0.1, 0.15) is 58.3 Å². The molecule has 0 radical (unpaired) electrons. The second kappa shape index (κ2) is 11.4. The lowest BCUT2D eigenvalue weighted by molar-refractivity contribution is -0.208. The summed E-state index contributed by atoms with van der Waals surface area (Å²) in [5, 5.41) is 28.6. The zero-order valence-electron chi connectivity index (χ0n) is 13.2. The molecule has 5 heteroatoms. The number of hydrogen-bond donors (Lipinski definition) is 3. The molecule has 5 nitrogen and oxygen atoms in total. The summed E-state index contributed by atoms with van der Waals surface area (Å²) in [4.78, 5) is 0. The second-order valence-electron chi connectivity index (χ2n) is 5.92. The van der Waals surface area contributed by atoms with Crippen LogP contribution in [0.3, 0.4) is 0 Å². The van der Waals surface area contributed by atoms with Crippen molar-refractivity contribution in [3.63, 3.8) is 0 Å². The van der Waals surface area contributed by atoms with Gasteiger partial charge in [0.15, 0.2) is 0 Å². The highest BCUT2D eigenvalue weighted by atomic mass is 16.6. The van der Waals surface area contributed by atoms with Crippen LogP contribution in [0.2, 0.25) is 0 Å². The number of aliphatic hydroxyl groups is 3. The predicted molar refractivity (Wildman–Crippen MR) is 81.2 cm³/mol. The lowest BCUT2D eigenvalue weighted by Gasteiger charge is -2.36. The van der Waals surface area contributed by atoms with E-state index in [2.05, 4.69) is 6.92 Å². The zero-order valence-corrected chi connectivity index (χ0v) is 13.2. The van der Waals surface area contributed by atoms with Crippen molar-refractivity contribution in [2.24, 2.45) is 0 Å². The molecule has 0 spiro atoms. The Morgan fingerprint density at radius 3 is 2.19 bits per heavy atom. The summed E-state index contributed by atoms with van der Waals surface area (Å²) >= 11 is 0. The fourth-order valence-electron chi connectivity index (χ4n) is 2.63. The molecule has 1 aliphatic heterocycles. The van der Waals surface area contributed by atoms with Crippen molar-refractivity contribution in [3.8, 4) is 0 Å². The minimum absolute atomic E-state index is 0.223. The van der Waals surface area contributed by atoms with E-state index in [-0.39, 0.29) is 13.2 Å². The normalized spacial score (nSPS) is 29.7. The molecule has 0 unspecified atom stereocenters. The Morgan fingerprint density at radius 1 is 0.952 bits per heavy atom. The fraction of sp³-hybridized carbons (Fsp3) is 1.00. The van der Waals surface area contributed by atoms with E-state index < -0.39 is 24.4 Å². The molecular formula is C16H32O5. The van der Waals surface area contributed by atoms with Gasteiger partial charge in [0.25, 0.3) is 0 Å². The standard InChI is InChI=1S/C16H32O5/c1-2-3-4-5-6-7-8-9-10-20-14-12-21-13(11-17)15(18)16(14)19/h13-19H,2-12H2,1H3/t13-,14+,15-,16-/m0/s1. The smallest absolute Gasteiger partial charge is 0.111 e. The quantitative estimate of drug-likeness (QED) is 0.506. The van der Waals surface area contributed by atoms with Crippen molar-refractivity contribution in [1.29, 1.82) is 0 Å². The van der Waals surface area contributed by atoms with Crippen LogP contribution in [0.5, 0.6) is 0 Å². The number of unbranched alkanes of at least 4 members (excludes halogenated alkanes) is 7. The summed E-state index contributed by atoms with van der Waals surface area (Å²) < 4.78 is 10.9. The lowest BCUT2D eigenvalue weighted by atomic mass is 10.0. The van der Waals surface area contributed by atoms with E-state index in [0.29, 0.717) is 6.61 Å². The molecular weight excluding hydrogens is 272 g/mol. The molecule has 0 aromatic heterocycles. The number of rotatable bonds is 11. The van der Waals surface area contributed by atoms with Crippen LogP contribution in [-0.4, -0.2) is 59.6 Å². The highest BCUT2D eigenvalue weighted by Gasteiger charge is 2.38. The molecule has 0 amide bonds. The minimum atomic E-state index is -1.08. The van der Waals surface area contributed by atoms with Gasteiger partial charge < -0.3 is 24.8 Å².